The Bertz CT molecular complexity index is 972. The zero-order valence-corrected chi connectivity index (χ0v) is 17.8. The number of morpholine rings is 1. The van der Waals surface area contributed by atoms with E-state index in [2.05, 4.69) is 16.4 Å². The van der Waals surface area contributed by atoms with Gasteiger partial charge in [0.1, 0.15) is 11.5 Å². The quantitative estimate of drug-likeness (QED) is 0.520. The molecule has 1 aliphatic rings. The van der Waals surface area contributed by atoms with Crippen LogP contribution in [0.15, 0.2) is 42.5 Å². The van der Waals surface area contributed by atoms with Gasteiger partial charge in [0.25, 0.3) is 0 Å². The van der Waals surface area contributed by atoms with E-state index in [-0.39, 0.29) is 5.75 Å². The SMILES string of the molecule is Cc1c(-c2ccc(O)cc2)n(CCCCCCN2CCOCC2)c2ccc(O)cc12. The lowest BCUT2D eigenvalue weighted by atomic mass is 10.1. The van der Waals surface area contributed by atoms with E-state index in [9.17, 15) is 10.2 Å². The first-order chi connectivity index (χ1) is 14.6. The maximum Gasteiger partial charge on any atom is 0.116 e. The number of phenols is 2. The molecule has 0 amide bonds. The molecule has 2 N–H and O–H groups in total. The van der Waals surface area contributed by atoms with Gasteiger partial charge in [-0.3, -0.25) is 4.90 Å². The fraction of sp³-hybridized carbons (Fsp3) is 0.440. The molecule has 0 atom stereocenters. The molecule has 0 aliphatic carbocycles. The molecule has 0 radical (unpaired) electrons. The summed E-state index contributed by atoms with van der Waals surface area (Å²) in [6.07, 6.45) is 4.81. The van der Waals surface area contributed by atoms with Crippen molar-refractivity contribution in [2.75, 3.05) is 32.8 Å². The number of unbranched alkanes of at least 4 members (excludes halogenated alkanes) is 3. The average molecular weight is 409 g/mol. The second-order valence-electron chi connectivity index (χ2n) is 8.24. The van der Waals surface area contributed by atoms with Gasteiger partial charge in [-0.2, -0.15) is 0 Å². The molecule has 0 saturated carbocycles. The minimum absolute atomic E-state index is 0.275. The zero-order chi connectivity index (χ0) is 20.9. The monoisotopic (exact) mass is 408 g/mol. The molecule has 30 heavy (non-hydrogen) atoms. The van der Waals surface area contributed by atoms with Crippen molar-refractivity contribution in [3.05, 3.63) is 48.0 Å². The summed E-state index contributed by atoms with van der Waals surface area (Å²) in [6, 6.07) is 13.0. The molecule has 1 fully saturated rings. The van der Waals surface area contributed by atoms with Crippen molar-refractivity contribution in [2.45, 2.75) is 39.2 Å². The van der Waals surface area contributed by atoms with Crippen LogP contribution in [0.1, 0.15) is 31.2 Å². The van der Waals surface area contributed by atoms with Crippen LogP contribution in [0.25, 0.3) is 22.2 Å². The number of fused-ring (bicyclic) bond motifs is 1. The summed E-state index contributed by atoms with van der Waals surface area (Å²) < 4.78 is 7.79. The Labute approximate surface area is 178 Å². The normalized spacial score (nSPS) is 15.1. The average Bonchev–Trinajstić information content (AvgIpc) is 3.03. The largest absolute Gasteiger partial charge is 0.508 e. The Morgan fingerprint density at radius 2 is 1.50 bits per heavy atom. The highest BCUT2D eigenvalue weighted by molar-refractivity contribution is 5.92. The van der Waals surface area contributed by atoms with Crippen LogP contribution in [-0.4, -0.2) is 52.5 Å². The molecule has 0 unspecified atom stereocenters. The van der Waals surface area contributed by atoms with Gasteiger partial charge in [0, 0.05) is 30.5 Å². The maximum absolute atomic E-state index is 9.99. The van der Waals surface area contributed by atoms with Crippen LogP contribution in [-0.2, 0) is 11.3 Å². The number of phenolic OH excluding ortho intramolecular Hbond substituents is 2. The molecule has 160 valence electrons. The predicted octanol–water partition coefficient (Wildman–Crippen LogP) is 4.92. The maximum atomic E-state index is 9.99. The van der Waals surface area contributed by atoms with Gasteiger partial charge in [-0.15, -0.1) is 0 Å². The summed E-state index contributed by atoms with van der Waals surface area (Å²) in [5.74, 6) is 0.570. The van der Waals surface area contributed by atoms with Gasteiger partial charge >= 0.3 is 0 Å². The molecule has 1 saturated heterocycles. The van der Waals surface area contributed by atoms with Crippen molar-refractivity contribution in [3.63, 3.8) is 0 Å². The summed E-state index contributed by atoms with van der Waals surface area (Å²) in [7, 11) is 0. The van der Waals surface area contributed by atoms with Crippen molar-refractivity contribution >= 4 is 10.9 Å². The molecule has 5 nitrogen and oxygen atoms in total. The van der Waals surface area contributed by atoms with Crippen molar-refractivity contribution in [3.8, 4) is 22.8 Å². The number of hydrogen-bond donors (Lipinski definition) is 2. The van der Waals surface area contributed by atoms with E-state index < -0.39 is 0 Å². The Balaban J connectivity index is 1.45. The van der Waals surface area contributed by atoms with Crippen LogP contribution in [0.2, 0.25) is 0 Å². The standard InChI is InChI=1S/C25H32N2O3/c1-19-23-18-22(29)10-11-24(23)27(25(19)20-6-8-21(28)9-7-20)13-5-3-2-4-12-26-14-16-30-17-15-26/h6-11,18,28-29H,2-5,12-17H2,1H3. The van der Waals surface area contributed by atoms with Crippen LogP contribution in [0.3, 0.4) is 0 Å². The van der Waals surface area contributed by atoms with Crippen LogP contribution < -0.4 is 0 Å². The van der Waals surface area contributed by atoms with E-state index in [1.165, 1.54) is 37.1 Å². The highest BCUT2D eigenvalue weighted by Crippen LogP contribution is 2.35. The van der Waals surface area contributed by atoms with Crippen LogP contribution in [0.4, 0.5) is 0 Å². The number of aryl methyl sites for hydroxylation is 2. The molecule has 2 heterocycles. The third-order valence-electron chi connectivity index (χ3n) is 6.15. The van der Waals surface area contributed by atoms with E-state index in [0.29, 0.717) is 5.75 Å². The molecule has 4 rings (SSSR count). The zero-order valence-electron chi connectivity index (χ0n) is 17.8. The minimum Gasteiger partial charge on any atom is -0.508 e. The number of aromatic hydroxyl groups is 2. The highest BCUT2D eigenvalue weighted by atomic mass is 16.5. The Morgan fingerprint density at radius 1 is 0.833 bits per heavy atom. The van der Waals surface area contributed by atoms with Gasteiger partial charge < -0.3 is 19.5 Å². The van der Waals surface area contributed by atoms with Crippen LogP contribution in [0.5, 0.6) is 11.5 Å². The molecule has 1 aromatic heterocycles. The number of aromatic nitrogens is 1. The lowest BCUT2D eigenvalue weighted by Gasteiger charge is -2.26. The fourth-order valence-electron chi connectivity index (χ4n) is 4.52. The van der Waals surface area contributed by atoms with Gasteiger partial charge in [0.2, 0.25) is 0 Å². The molecule has 0 spiro atoms. The van der Waals surface area contributed by atoms with Crippen molar-refractivity contribution < 1.29 is 14.9 Å². The van der Waals surface area contributed by atoms with E-state index in [1.807, 2.05) is 24.3 Å². The predicted molar refractivity (Wildman–Crippen MR) is 121 cm³/mol. The molecule has 2 aromatic carbocycles. The van der Waals surface area contributed by atoms with E-state index >= 15 is 0 Å². The highest BCUT2D eigenvalue weighted by Gasteiger charge is 2.16. The van der Waals surface area contributed by atoms with E-state index in [0.717, 1.165) is 55.7 Å². The smallest absolute Gasteiger partial charge is 0.116 e. The number of rotatable bonds is 8. The van der Waals surface area contributed by atoms with Gasteiger partial charge in [-0.1, -0.05) is 12.8 Å². The van der Waals surface area contributed by atoms with Gasteiger partial charge in [0.15, 0.2) is 0 Å². The van der Waals surface area contributed by atoms with Crippen molar-refractivity contribution in [2.24, 2.45) is 0 Å². The van der Waals surface area contributed by atoms with Crippen LogP contribution in [0, 0.1) is 6.92 Å². The summed E-state index contributed by atoms with van der Waals surface area (Å²) in [4.78, 5) is 2.50. The molecular formula is C25H32N2O3. The second kappa shape index (κ2) is 9.54. The summed E-state index contributed by atoms with van der Waals surface area (Å²) in [5, 5.41) is 20.8. The van der Waals surface area contributed by atoms with Crippen molar-refractivity contribution in [1.29, 1.82) is 0 Å². The Kier molecular flexibility index (Phi) is 6.60. The molecule has 3 aromatic rings. The van der Waals surface area contributed by atoms with E-state index in [4.69, 9.17) is 4.74 Å². The summed E-state index contributed by atoms with van der Waals surface area (Å²) in [5.41, 5.74) is 4.58. The third kappa shape index (κ3) is 4.63. The molecular weight excluding hydrogens is 376 g/mol. The Morgan fingerprint density at radius 3 is 2.23 bits per heavy atom. The van der Waals surface area contributed by atoms with Gasteiger partial charge in [-0.05, 0) is 79.9 Å². The van der Waals surface area contributed by atoms with Crippen LogP contribution >= 0.6 is 0 Å². The third-order valence-corrected chi connectivity index (χ3v) is 6.15. The van der Waals surface area contributed by atoms with E-state index in [1.54, 1.807) is 18.2 Å². The minimum atomic E-state index is 0.275. The lowest BCUT2D eigenvalue weighted by Crippen LogP contribution is -2.36. The molecule has 1 aliphatic heterocycles. The van der Waals surface area contributed by atoms with Gasteiger partial charge in [-0.25, -0.2) is 0 Å². The Hall–Kier alpha value is -2.50. The van der Waals surface area contributed by atoms with Gasteiger partial charge in [0.05, 0.1) is 18.9 Å². The summed E-state index contributed by atoms with van der Waals surface area (Å²) in [6.45, 7) is 8.11. The number of nitrogens with zero attached hydrogens (tertiary/aromatic N) is 2. The molecule has 0 bridgehead atoms. The molecule has 5 heteroatoms. The fourth-order valence-corrected chi connectivity index (χ4v) is 4.52. The number of hydrogen-bond acceptors (Lipinski definition) is 4. The lowest BCUT2D eigenvalue weighted by molar-refractivity contribution is 0.0371. The first-order valence-corrected chi connectivity index (χ1v) is 11.0. The first kappa shape index (κ1) is 20.8. The first-order valence-electron chi connectivity index (χ1n) is 11.0. The second-order valence-corrected chi connectivity index (χ2v) is 8.24. The topological polar surface area (TPSA) is 57.9 Å². The summed E-state index contributed by atoms with van der Waals surface area (Å²) >= 11 is 0. The van der Waals surface area contributed by atoms with Crippen molar-refractivity contribution in [1.82, 2.24) is 9.47 Å². The number of benzene rings is 2. The number of ether oxygens (including phenoxy) is 1.